The van der Waals surface area contributed by atoms with Crippen LogP contribution in [-0.4, -0.2) is 69.8 Å². The van der Waals surface area contributed by atoms with E-state index in [1.165, 1.54) is 11.1 Å². The number of piperazine rings is 1. The van der Waals surface area contributed by atoms with Gasteiger partial charge in [0.05, 0.1) is 12.6 Å². The summed E-state index contributed by atoms with van der Waals surface area (Å²) in [5.41, 5.74) is 2.48. The van der Waals surface area contributed by atoms with Crippen molar-refractivity contribution in [2.75, 3.05) is 39.8 Å². The van der Waals surface area contributed by atoms with Crippen molar-refractivity contribution in [1.29, 1.82) is 0 Å². The lowest BCUT2D eigenvalue weighted by atomic mass is 10.0. The van der Waals surface area contributed by atoms with Crippen molar-refractivity contribution < 1.29 is 4.74 Å². The highest BCUT2D eigenvalue weighted by atomic mass is 35.5. The van der Waals surface area contributed by atoms with E-state index in [0.717, 1.165) is 50.7 Å². The van der Waals surface area contributed by atoms with E-state index in [-0.39, 0.29) is 18.4 Å². The van der Waals surface area contributed by atoms with Crippen LogP contribution in [0.5, 0.6) is 5.75 Å². The molecule has 0 N–H and O–H groups in total. The quantitative estimate of drug-likeness (QED) is 0.534. The van der Waals surface area contributed by atoms with Crippen LogP contribution in [0.1, 0.15) is 29.9 Å². The van der Waals surface area contributed by atoms with E-state index < -0.39 is 0 Å². The first kappa shape index (κ1) is 23.2. The summed E-state index contributed by atoms with van der Waals surface area (Å²) in [4.78, 5) is 4.85. The average molecular weight is 443 g/mol. The fourth-order valence-corrected chi connectivity index (χ4v) is 3.96. The first-order chi connectivity index (χ1) is 14.7. The minimum atomic E-state index is 0. The smallest absolute Gasteiger partial charge is 0.173 e. The Hall–Kier alpha value is -2.48. The van der Waals surface area contributed by atoms with Gasteiger partial charge in [0.25, 0.3) is 0 Å². The molecule has 1 aliphatic heterocycles. The second-order valence-corrected chi connectivity index (χ2v) is 7.74. The normalized spacial score (nSPS) is 15.9. The molecule has 0 aliphatic carbocycles. The zero-order valence-electron chi connectivity index (χ0n) is 18.2. The maximum absolute atomic E-state index is 5.64. The second kappa shape index (κ2) is 11.2. The molecule has 1 atom stereocenters. The zero-order valence-corrected chi connectivity index (χ0v) is 19.0. The third-order valence-electron chi connectivity index (χ3n) is 5.67. The number of aromatic nitrogens is 4. The van der Waals surface area contributed by atoms with Gasteiger partial charge in [0.15, 0.2) is 5.82 Å². The van der Waals surface area contributed by atoms with Crippen LogP contribution < -0.4 is 4.74 Å². The minimum Gasteiger partial charge on any atom is -0.494 e. The first-order valence-electron chi connectivity index (χ1n) is 10.7. The van der Waals surface area contributed by atoms with Crippen molar-refractivity contribution in [3.05, 3.63) is 71.5 Å². The summed E-state index contributed by atoms with van der Waals surface area (Å²) < 4.78 is 7.60. The Kier molecular flexibility index (Phi) is 8.40. The van der Waals surface area contributed by atoms with Gasteiger partial charge in [-0.05, 0) is 54.1 Å². The topological polar surface area (TPSA) is 59.3 Å². The number of hydrogen-bond donors (Lipinski definition) is 0. The number of halogens is 1. The summed E-state index contributed by atoms with van der Waals surface area (Å²) in [5.74, 6) is 1.79. The lowest BCUT2D eigenvalue weighted by molar-refractivity contribution is 0.121. The fourth-order valence-electron chi connectivity index (χ4n) is 3.96. The molecule has 7 nitrogen and oxygen atoms in total. The molecule has 0 radical (unpaired) electrons. The molecular weight excluding hydrogens is 412 g/mol. The molecule has 0 saturated carbocycles. The van der Waals surface area contributed by atoms with Gasteiger partial charge in [-0.1, -0.05) is 42.5 Å². The van der Waals surface area contributed by atoms with Crippen LogP contribution in [0.2, 0.25) is 0 Å². The largest absolute Gasteiger partial charge is 0.494 e. The van der Waals surface area contributed by atoms with Crippen LogP contribution in [0.25, 0.3) is 0 Å². The van der Waals surface area contributed by atoms with E-state index in [0.29, 0.717) is 6.61 Å². The maximum Gasteiger partial charge on any atom is 0.173 e. The Morgan fingerprint density at radius 1 is 0.968 bits per heavy atom. The van der Waals surface area contributed by atoms with Gasteiger partial charge >= 0.3 is 0 Å². The molecule has 1 saturated heterocycles. The number of hydrogen-bond acceptors (Lipinski definition) is 6. The van der Waals surface area contributed by atoms with Crippen LogP contribution in [0.3, 0.4) is 0 Å². The molecule has 0 amide bonds. The van der Waals surface area contributed by atoms with Crippen molar-refractivity contribution in [3.63, 3.8) is 0 Å². The molecule has 3 aromatic rings. The molecule has 1 aromatic heterocycles. The van der Waals surface area contributed by atoms with Gasteiger partial charge in [-0.3, -0.25) is 4.90 Å². The second-order valence-electron chi connectivity index (χ2n) is 7.74. The molecular formula is C23H31ClN6O. The SMILES string of the molecule is CCOc1ccc(C(c2nnnn2CCc2ccccc2)N2CCN(C)CC2)cc1.Cl. The van der Waals surface area contributed by atoms with Gasteiger partial charge in [-0.25, -0.2) is 4.68 Å². The average Bonchev–Trinajstić information content (AvgIpc) is 3.24. The van der Waals surface area contributed by atoms with Gasteiger partial charge in [0.1, 0.15) is 5.75 Å². The highest BCUT2D eigenvalue weighted by Gasteiger charge is 2.29. The molecule has 1 unspecified atom stereocenters. The molecule has 166 valence electrons. The lowest BCUT2D eigenvalue weighted by Gasteiger charge is -2.37. The minimum absolute atomic E-state index is 0. The third kappa shape index (κ3) is 5.81. The Balaban J connectivity index is 0.00000272. The molecule has 1 aliphatic rings. The molecule has 31 heavy (non-hydrogen) atoms. The molecule has 2 heterocycles. The molecule has 0 spiro atoms. The lowest BCUT2D eigenvalue weighted by Crippen LogP contribution is -2.46. The molecule has 4 rings (SSSR count). The standard InChI is InChI=1S/C23H30N6O.ClH/c1-3-30-21-11-9-20(10-12-21)22(28-17-15-27(2)16-18-28)23-24-25-26-29(23)14-13-19-7-5-4-6-8-19;/h4-12,22H,3,13-18H2,1-2H3;1H. The van der Waals surface area contributed by atoms with E-state index in [9.17, 15) is 0 Å². The van der Waals surface area contributed by atoms with Gasteiger partial charge in [-0.2, -0.15) is 0 Å². The van der Waals surface area contributed by atoms with Gasteiger partial charge in [0.2, 0.25) is 0 Å². The number of nitrogens with zero attached hydrogens (tertiary/aromatic N) is 6. The number of benzene rings is 2. The number of rotatable bonds is 8. The molecule has 0 bridgehead atoms. The molecule has 8 heteroatoms. The Labute approximate surface area is 190 Å². The van der Waals surface area contributed by atoms with Crippen molar-refractivity contribution in [2.45, 2.75) is 25.9 Å². The van der Waals surface area contributed by atoms with E-state index in [2.05, 4.69) is 68.8 Å². The van der Waals surface area contributed by atoms with E-state index in [1.54, 1.807) is 0 Å². The van der Waals surface area contributed by atoms with E-state index >= 15 is 0 Å². The Morgan fingerprint density at radius 2 is 1.68 bits per heavy atom. The fraction of sp³-hybridized carbons (Fsp3) is 0.435. The Morgan fingerprint density at radius 3 is 2.35 bits per heavy atom. The van der Waals surface area contributed by atoms with Crippen LogP contribution in [0, 0.1) is 0 Å². The number of tetrazole rings is 1. The highest BCUT2D eigenvalue weighted by Crippen LogP contribution is 2.29. The van der Waals surface area contributed by atoms with Crippen LogP contribution in [0.15, 0.2) is 54.6 Å². The van der Waals surface area contributed by atoms with Crippen molar-refractivity contribution >= 4 is 12.4 Å². The summed E-state index contributed by atoms with van der Waals surface area (Å²) in [6.45, 7) is 7.48. The molecule has 2 aromatic carbocycles. The Bertz CT molecular complexity index is 909. The number of ether oxygens (including phenoxy) is 1. The van der Waals surface area contributed by atoms with Gasteiger partial charge < -0.3 is 9.64 Å². The first-order valence-corrected chi connectivity index (χ1v) is 10.7. The monoisotopic (exact) mass is 442 g/mol. The summed E-state index contributed by atoms with van der Waals surface area (Å²) in [5, 5.41) is 12.8. The number of likely N-dealkylation sites (N-methyl/N-ethyl adjacent to an activating group) is 1. The number of aryl methyl sites for hydroxylation is 2. The third-order valence-corrected chi connectivity index (χ3v) is 5.67. The van der Waals surface area contributed by atoms with Crippen molar-refractivity contribution in [3.8, 4) is 5.75 Å². The predicted molar refractivity (Wildman–Crippen MR) is 124 cm³/mol. The van der Waals surface area contributed by atoms with Crippen LogP contribution >= 0.6 is 12.4 Å². The predicted octanol–water partition coefficient (Wildman–Crippen LogP) is 3.07. The van der Waals surface area contributed by atoms with E-state index in [1.807, 2.05) is 29.8 Å². The van der Waals surface area contributed by atoms with Crippen molar-refractivity contribution in [2.24, 2.45) is 0 Å². The van der Waals surface area contributed by atoms with E-state index in [4.69, 9.17) is 4.74 Å². The van der Waals surface area contributed by atoms with Crippen LogP contribution in [0.4, 0.5) is 0 Å². The molecule has 1 fully saturated rings. The van der Waals surface area contributed by atoms with Gasteiger partial charge in [-0.15, -0.1) is 17.5 Å². The zero-order chi connectivity index (χ0) is 20.8. The van der Waals surface area contributed by atoms with Gasteiger partial charge in [0, 0.05) is 32.7 Å². The van der Waals surface area contributed by atoms with Crippen molar-refractivity contribution in [1.82, 2.24) is 30.0 Å². The summed E-state index contributed by atoms with van der Waals surface area (Å²) in [7, 11) is 2.17. The van der Waals surface area contributed by atoms with Crippen LogP contribution in [-0.2, 0) is 13.0 Å². The summed E-state index contributed by atoms with van der Waals surface area (Å²) >= 11 is 0. The summed E-state index contributed by atoms with van der Waals surface area (Å²) in [6, 6.07) is 18.9. The summed E-state index contributed by atoms with van der Waals surface area (Å²) in [6.07, 6.45) is 0.900. The highest BCUT2D eigenvalue weighted by molar-refractivity contribution is 5.85. The maximum atomic E-state index is 5.64.